The van der Waals surface area contributed by atoms with Crippen molar-refractivity contribution in [1.82, 2.24) is 15.5 Å². The van der Waals surface area contributed by atoms with E-state index in [1.165, 1.54) is 18.7 Å². The van der Waals surface area contributed by atoms with Crippen LogP contribution in [0.4, 0.5) is 4.39 Å². The highest BCUT2D eigenvalue weighted by Gasteiger charge is 2.20. The van der Waals surface area contributed by atoms with Crippen LogP contribution < -0.4 is 10.6 Å². The third-order valence-electron chi connectivity index (χ3n) is 4.48. The second-order valence-corrected chi connectivity index (χ2v) is 7.50. The summed E-state index contributed by atoms with van der Waals surface area (Å²) in [5.41, 5.74) is 0.938. The summed E-state index contributed by atoms with van der Waals surface area (Å²) in [7, 11) is 1.79. The lowest BCUT2D eigenvalue weighted by molar-refractivity contribution is 0.187. The maximum Gasteiger partial charge on any atom is 0.191 e. The van der Waals surface area contributed by atoms with E-state index < -0.39 is 0 Å². The van der Waals surface area contributed by atoms with Crippen LogP contribution in [0.3, 0.4) is 0 Å². The molecule has 2 N–H and O–H groups in total. The molecule has 1 saturated heterocycles. The summed E-state index contributed by atoms with van der Waals surface area (Å²) >= 11 is 6.07. The monoisotopic (exact) mass is 496 g/mol. The molecule has 0 amide bonds. The number of nitrogens with one attached hydrogen (secondary N) is 2. The molecule has 4 nitrogen and oxygen atoms in total. The molecule has 26 heavy (non-hydrogen) atoms. The minimum absolute atomic E-state index is 0. The molecule has 2 rings (SSSR count). The predicted molar refractivity (Wildman–Crippen MR) is 119 cm³/mol. The first kappa shape index (κ1) is 23.4. The molecule has 0 aromatic heterocycles. The Balaban J connectivity index is 0.00000338. The number of hydrogen-bond acceptors (Lipinski definition) is 2. The Morgan fingerprint density at radius 2 is 2.04 bits per heavy atom. The molecule has 0 bridgehead atoms. The standard InChI is InChI=1S/C19H30ClFN4.HI/c1-14(2)13-25-10-7-17(8-11-25)24-19(22-3)23-9-6-15-4-5-16(21)12-18(15)20;/h4-5,12,14,17H,6-11,13H2,1-3H3,(H2,22,23,24);1H. The first-order chi connectivity index (χ1) is 12.0. The highest BCUT2D eigenvalue weighted by Crippen LogP contribution is 2.17. The van der Waals surface area contributed by atoms with Gasteiger partial charge in [0.05, 0.1) is 0 Å². The van der Waals surface area contributed by atoms with Gasteiger partial charge in [-0.1, -0.05) is 31.5 Å². The summed E-state index contributed by atoms with van der Waals surface area (Å²) < 4.78 is 13.1. The molecule has 0 radical (unpaired) electrons. The van der Waals surface area contributed by atoms with E-state index in [0.717, 1.165) is 49.8 Å². The van der Waals surface area contributed by atoms with Crippen LogP contribution in [0.25, 0.3) is 0 Å². The summed E-state index contributed by atoms with van der Waals surface area (Å²) in [6, 6.07) is 5.00. The van der Waals surface area contributed by atoms with Gasteiger partial charge in [-0.3, -0.25) is 4.99 Å². The minimum atomic E-state index is -0.303. The summed E-state index contributed by atoms with van der Waals surface area (Å²) in [6.07, 6.45) is 3.00. The molecule has 1 aliphatic rings. The lowest BCUT2D eigenvalue weighted by Gasteiger charge is -2.34. The van der Waals surface area contributed by atoms with Crippen molar-refractivity contribution >= 4 is 41.5 Å². The molecule has 7 heteroatoms. The maximum absolute atomic E-state index is 13.1. The summed E-state index contributed by atoms with van der Waals surface area (Å²) in [5.74, 6) is 1.24. The maximum atomic E-state index is 13.1. The summed E-state index contributed by atoms with van der Waals surface area (Å²) in [4.78, 5) is 6.84. The van der Waals surface area contributed by atoms with Crippen molar-refractivity contribution in [2.45, 2.75) is 39.2 Å². The van der Waals surface area contributed by atoms with Gasteiger partial charge < -0.3 is 15.5 Å². The largest absolute Gasteiger partial charge is 0.356 e. The van der Waals surface area contributed by atoms with Crippen LogP contribution in [-0.2, 0) is 6.42 Å². The molecule has 1 aromatic carbocycles. The van der Waals surface area contributed by atoms with E-state index in [4.69, 9.17) is 11.6 Å². The fourth-order valence-corrected chi connectivity index (χ4v) is 3.47. The van der Waals surface area contributed by atoms with Crippen molar-refractivity contribution in [3.8, 4) is 0 Å². The van der Waals surface area contributed by atoms with Crippen LogP contribution in [0.5, 0.6) is 0 Å². The number of nitrogens with zero attached hydrogens (tertiary/aromatic N) is 2. The van der Waals surface area contributed by atoms with Crippen LogP contribution >= 0.6 is 35.6 Å². The Morgan fingerprint density at radius 1 is 1.35 bits per heavy atom. The van der Waals surface area contributed by atoms with Crippen molar-refractivity contribution in [2.75, 3.05) is 33.2 Å². The topological polar surface area (TPSA) is 39.7 Å². The quantitative estimate of drug-likeness (QED) is 0.356. The van der Waals surface area contributed by atoms with Gasteiger partial charge in [0.2, 0.25) is 0 Å². The summed E-state index contributed by atoms with van der Waals surface area (Å²) in [5, 5.41) is 7.31. The SMILES string of the molecule is CN=C(NCCc1ccc(F)cc1Cl)NC1CCN(CC(C)C)CC1.I. The lowest BCUT2D eigenvalue weighted by Crippen LogP contribution is -2.49. The molecule has 1 aromatic rings. The van der Waals surface area contributed by atoms with Crippen LogP contribution in [0.15, 0.2) is 23.2 Å². The molecular weight excluding hydrogens is 466 g/mol. The zero-order chi connectivity index (χ0) is 18.2. The molecule has 1 aliphatic heterocycles. The third-order valence-corrected chi connectivity index (χ3v) is 4.83. The van der Waals surface area contributed by atoms with Gasteiger partial charge in [0.1, 0.15) is 5.82 Å². The lowest BCUT2D eigenvalue weighted by atomic mass is 10.0. The Kier molecular flexibility index (Phi) is 10.8. The van der Waals surface area contributed by atoms with E-state index in [1.54, 1.807) is 13.1 Å². The van der Waals surface area contributed by atoms with Crippen molar-refractivity contribution in [1.29, 1.82) is 0 Å². The predicted octanol–water partition coefficient (Wildman–Crippen LogP) is 3.93. The van der Waals surface area contributed by atoms with Crippen LogP contribution in [0.2, 0.25) is 5.02 Å². The Hall–Kier alpha value is -0.600. The number of benzene rings is 1. The van der Waals surface area contributed by atoms with Gasteiger partial charge in [-0.05, 0) is 42.9 Å². The van der Waals surface area contributed by atoms with E-state index in [9.17, 15) is 4.39 Å². The van der Waals surface area contributed by atoms with Crippen molar-refractivity contribution in [2.24, 2.45) is 10.9 Å². The van der Waals surface area contributed by atoms with Gasteiger partial charge in [0.15, 0.2) is 5.96 Å². The Morgan fingerprint density at radius 3 is 2.62 bits per heavy atom. The van der Waals surface area contributed by atoms with Crippen LogP contribution in [0, 0.1) is 11.7 Å². The van der Waals surface area contributed by atoms with E-state index >= 15 is 0 Å². The molecule has 148 valence electrons. The fourth-order valence-electron chi connectivity index (χ4n) is 3.20. The fraction of sp³-hybridized carbons (Fsp3) is 0.632. The van der Waals surface area contributed by atoms with E-state index in [-0.39, 0.29) is 29.8 Å². The molecule has 1 fully saturated rings. The zero-order valence-electron chi connectivity index (χ0n) is 15.9. The Bertz CT molecular complexity index is 575. The smallest absolute Gasteiger partial charge is 0.191 e. The molecule has 0 unspecified atom stereocenters. The average molecular weight is 497 g/mol. The zero-order valence-corrected chi connectivity index (χ0v) is 19.0. The molecule has 0 atom stereocenters. The number of likely N-dealkylation sites (tertiary alicyclic amines) is 1. The molecular formula is C19H31ClFIN4. The van der Waals surface area contributed by atoms with Crippen LogP contribution in [-0.4, -0.2) is 50.1 Å². The van der Waals surface area contributed by atoms with E-state index in [0.29, 0.717) is 17.6 Å². The molecule has 0 spiro atoms. The third kappa shape index (κ3) is 7.96. The van der Waals surface area contributed by atoms with Gasteiger partial charge in [-0.2, -0.15) is 0 Å². The second kappa shape index (κ2) is 12.0. The Labute approximate surface area is 179 Å². The number of halogens is 3. The minimum Gasteiger partial charge on any atom is -0.356 e. The number of hydrogen-bond donors (Lipinski definition) is 2. The van der Waals surface area contributed by atoms with E-state index in [1.807, 2.05) is 0 Å². The van der Waals surface area contributed by atoms with Gasteiger partial charge >= 0.3 is 0 Å². The number of guanidine groups is 1. The molecule has 0 aliphatic carbocycles. The number of piperidine rings is 1. The summed E-state index contributed by atoms with van der Waals surface area (Å²) in [6.45, 7) is 8.69. The van der Waals surface area contributed by atoms with Crippen LogP contribution in [0.1, 0.15) is 32.3 Å². The molecule has 0 saturated carbocycles. The van der Waals surface area contributed by atoms with E-state index in [2.05, 4.69) is 34.4 Å². The number of rotatable bonds is 6. The van der Waals surface area contributed by atoms with Gasteiger partial charge in [0.25, 0.3) is 0 Å². The number of aliphatic imine (C=N–C) groups is 1. The second-order valence-electron chi connectivity index (χ2n) is 7.10. The highest BCUT2D eigenvalue weighted by atomic mass is 127. The first-order valence-electron chi connectivity index (χ1n) is 9.11. The van der Waals surface area contributed by atoms with Gasteiger partial charge in [-0.25, -0.2) is 4.39 Å². The van der Waals surface area contributed by atoms with Crippen molar-refractivity contribution < 1.29 is 4.39 Å². The first-order valence-corrected chi connectivity index (χ1v) is 9.49. The normalized spacial score (nSPS) is 16.5. The van der Waals surface area contributed by atoms with Gasteiger partial charge in [0, 0.05) is 44.3 Å². The van der Waals surface area contributed by atoms with Crippen molar-refractivity contribution in [3.05, 3.63) is 34.6 Å². The average Bonchev–Trinajstić information content (AvgIpc) is 2.57. The van der Waals surface area contributed by atoms with Crippen molar-refractivity contribution in [3.63, 3.8) is 0 Å². The molecule has 1 heterocycles. The van der Waals surface area contributed by atoms with Gasteiger partial charge in [-0.15, -0.1) is 24.0 Å². The highest BCUT2D eigenvalue weighted by molar-refractivity contribution is 14.0.